The summed E-state index contributed by atoms with van der Waals surface area (Å²) in [7, 11) is -3.89. The summed E-state index contributed by atoms with van der Waals surface area (Å²) in [6.07, 6.45) is 2.31. The van der Waals surface area contributed by atoms with E-state index >= 15 is 0 Å². The first kappa shape index (κ1) is 19.9. The number of rotatable bonds is 5. The van der Waals surface area contributed by atoms with Crippen LogP contribution in [0.2, 0.25) is 0 Å². The van der Waals surface area contributed by atoms with Gasteiger partial charge in [-0.05, 0) is 55.3 Å². The molecule has 4 rings (SSSR count). The predicted octanol–water partition coefficient (Wildman–Crippen LogP) is 4.35. The lowest BCUT2D eigenvalue weighted by Crippen LogP contribution is -2.31. The van der Waals surface area contributed by atoms with Crippen LogP contribution in [0.5, 0.6) is 11.5 Å². The van der Waals surface area contributed by atoms with Gasteiger partial charge in [-0.2, -0.15) is 0 Å². The molecule has 1 amide bonds. The van der Waals surface area contributed by atoms with Crippen molar-refractivity contribution in [1.29, 1.82) is 0 Å². The molecule has 0 atom stereocenters. The van der Waals surface area contributed by atoms with E-state index < -0.39 is 10.0 Å². The molecule has 0 bridgehead atoms. The molecule has 0 radical (unpaired) electrons. The second-order valence-corrected chi connectivity index (χ2v) is 8.64. The van der Waals surface area contributed by atoms with E-state index in [0.717, 1.165) is 5.56 Å². The van der Waals surface area contributed by atoms with Gasteiger partial charge >= 0.3 is 0 Å². The summed E-state index contributed by atoms with van der Waals surface area (Å²) in [4.78, 5) is 19.1. The number of carbonyl (C=O) groups excluding carboxylic acids is 1. The normalized spacial score (nSPS) is 13.1. The lowest BCUT2D eigenvalue weighted by atomic mass is 10.1. The molecule has 1 N–H and O–H groups in total. The molecule has 30 heavy (non-hydrogen) atoms. The fraction of sp³-hybridized carbons (Fsp3) is 0.182. The number of hydrogen-bond donors (Lipinski definition) is 1. The Bertz CT molecular complexity index is 1220. The molecular formula is C22H21N3O4S. The molecule has 1 aromatic heterocycles. The molecule has 0 saturated heterocycles. The predicted molar refractivity (Wildman–Crippen MR) is 115 cm³/mol. The average Bonchev–Trinajstić information content (AvgIpc) is 2.84. The highest BCUT2D eigenvalue weighted by molar-refractivity contribution is 7.92. The summed E-state index contributed by atoms with van der Waals surface area (Å²) in [6.45, 7) is 4.21. The SMILES string of the molecule is CCCN1C(=O)c2cc(S(=O)(=O)Nc3ccccc3C)ccc2Oc2cccnc21. The molecule has 0 unspecified atom stereocenters. The van der Waals surface area contributed by atoms with Crippen LogP contribution < -0.4 is 14.4 Å². The minimum atomic E-state index is -3.89. The van der Waals surface area contributed by atoms with Crippen molar-refractivity contribution in [2.45, 2.75) is 25.2 Å². The van der Waals surface area contributed by atoms with Crippen LogP contribution in [0, 0.1) is 6.92 Å². The number of aryl methyl sites for hydroxylation is 1. The smallest absolute Gasteiger partial charge is 0.263 e. The summed E-state index contributed by atoms with van der Waals surface area (Å²) in [5.41, 5.74) is 1.46. The number of aromatic nitrogens is 1. The number of nitrogens with zero attached hydrogens (tertiary/aromatic N) is 2. The Balaban J connectivity index is 1.77. The number of nitrogens with one attached hydrogen (secondary N) is 1. The van der Waals surface area contributed by atoms with Crippen molar-refractivity contribution in [1.82, 2.24) is 4.98 Å². The number of fused-ring (bicyclic) bond motifs is 2. The summed E-state index contributed by atoms with van der Waals surface area (Å²) in [6, 6.07) is 14.8. The molecule has 2 heterocycles. The number of anilines is 2. The highest BCUT2D eigenvalue weighted by Gasteiger charge is 2.30. The van der Waals surface area contributed by atoms with E-state index in [9.17, 15) is 13.2 Å². The summed E-state index contributed by atoms with van der Waals surface area (Å²) in [5, 5.41) is 0. The standard InChI is InChI=1S/C22H21N3O4S/c1-3-13-25-21-20(9-6-12-23-21)29-19-11-10-16(14-17(19)22(25)26)30(27,28)24-18-8-5-4-7-15(18)2/h4-12,14,24H,3,13H2,1-2H3. The first-order chi connectivity index (χ1) is 14.4. The number of amides is 1. The summed E-state index contributed by atoms with van der Waals surface area (Å²) in [5.74, 6) is 0.814. The number of hydrogen-bond acceptors (Lipinski definition) is 5. The molecule has 0 fully saturated rings. The van der Waals surface area contributed by atoms with Gasteiger partial charge in [0.1, 0.15) is 5.75 Å². The second-order valence-electron chi connectivity index (χ2n) is 6.96. The third-order valence-electron chi connectivity index (χ3n) is 4.80. The minimum Gasteiger partial charge on any atom is -0.453 e. The maximum absolute atomic E-state index is 13.3. The number of para-hydroxylation sites is 1. The van der Waals surface area contributed by atoms with Crippen molar-refractivity contribution >= 4 is 27.4 Å². The van der Waals surface area contributed by atoms with Crippen molar-refractivity contribution in [3.63, 3.8) is 0 Å². The van der Waals surface area contributed by atoms with E-state index in [-0.39, 0.29) is 16.4 Å². The minimum absolute atomic E-state index is 0.0168. The number of carbonyl (C=O) groups is 1. The van der Waals surface area contributed by atoms with Gasteiger partial charge in [0.25, 0.3) is 15.9 Å². The van der Waals surface area contributed by atoms with E-state index in [4.69, 9.17) is 4.74 Å². The molecule has 1 aliphatic heterocycles. The Labute approximate surface area is 175 Å². The van der Waals surface area contributed by atoms with Crippen LogP contribution in [0.1, 0.15) is 29.3 Å². The van der Waals surface area contributed by atoms with Crippen LogP contribution in [0.4, 0.5) is 11.5 Å². The van der Waals surface area contributed by atoms with Gasteiger partial charge in [-0.25, -0.2) is 13.4 Å². The van der Waals surface area contributed by atoms with Gasteiger partial charge in [0.05, 0.1) is 16.1 Å². The first-order valence-corrected chi connectivity index (χ1v) is 11.1. The van der Waals surface area contributed by atoms with Gasteiger partial charge in [-0.1, -0.05) is 25.1 Å². The zero-order valence-electron chi connectivity index (χ0n) is 16.6. The Morgan fingerprint density at radius 2 is 1.87 bits per heavy atom. The van der Waals surface area contributed by atoms with E-state index in [0.29, 0.717) is 36.0 Å². The van der Waals surface area contributed by atoms with Gasteiger partial charge in [-0.3, -0.25) is 14.4 Å². The molecule has 3 aromatic rings. The van der Waals surface area contributed by atoms with Crippen LogP contribution >= 0.6 is 0 Å². The van der Waals surface area contributed by atoms with Crippen LogP contribution in [0.15, 0.2) is 65.7 Å². The molecule has 0 spiro atoms. The van der Waals surface area contributed by atoms with E-state index in [1.807, 2.05) is 26.0 Å². The summed E-state index contributed by atoms with van der Waals surface area (Å²) >= 11 is 0. The molecule has 8 heteroatoms. The molecule has 2 aromatic carbocycles. The van der Waals surface area contributed by atoms with Crippen LogP contribution in [-0.4, -0.2) is 25.9 Å². The Kier molecular flexibility index (Phi) is 5.17. The zero-order chi connectivity index (χ0) is 21.3. The highest BCUT2D eigenvalue weighted by Crippen LogP contribution is 2.38. The van der Waals surface area contributed by atoms with Crippen LogP contribution in [0.3, 0.4) is 0 Å². The maximum Gasteiger partial charge on any atom is 0.263 e. The van der Waals surface area contributed by atoms with Gasteiger partial charge in [0.15, 0.2) is 11.6 Å². The number of benzene rings is 2. The van der Waals surface area contributed by atoms with Gasteiger partial charge in [0, 0.05) is 12.7 Å². The van der Waals surface area contributed by atoms with Crippen LogP contribution in [0.25, 0.3) is 0 Å². The fourth-order valence-electron chi connectivity index (χ4n) is 3.28. The van der Waals surface area contributed by atoms with E-state index in [1.54, 1.807) is 30.5 Å². The molecule has 154 valence electrons. The van der Waals surface area contributed by atoms with Crippen molar-refractivity contribution < 1.29 is 17.9 Å². The van der Waals surface area contributed by atoms with E-state index in [1.165, 1.54) is 23.1 Å². The molecular weight excluding hydrogens is 402 g/mol. The van der Waals surface area contributed by atoms with Crippen molar-refractivity contribution in [2.24, 2.45) is 0 Å². The van der Waals surface area contributed by atoms with Gasteiger partial charge in [0.2, 0.25) is 0 Å². The third kappa shape index (κ3) is 3.61. The molecule has 7 nitrogen and oxygen atoms in total. The first-order valence-electron chi connectivity index (χ1n) is 9.58. The van der Waals surface area contributed by atoms with Crippen molar-refractivity contribution in [2.75, 3.05) is 16.2 Å². The fourth-order valence-corrected chi connectivity index (χ4v) is 4.44. The Morgan fingerprint density at radius 3 is 2.63 bits per heavy atom. The number of ether oxygens (including phenoxy) is 1. The number of sulfonamides is 1. The van der Waals surface area contributed by atoms with Crippen molar-refractivity contribution in [3.05, 3.63) is 71.9 Å². The Hall–Kier alpha value is -3.39. The highest BCUT2D eigenvalue weighted by atomic mass is 32.2. The number of pyridine rings is 1. The monoisotopic (exact) mass is 423 g/mol. The van der Waals surface area contributed by atoms with Gasteiger partial charge in [-0.15, -0.1) is 0 Å². The maximum atomic E-state index is 13.3. The molecule has 0 saturated carbocycles. The largest absolute Gasteiger partial charge is 0.453 e. The average molecular weight is 423 g/mol. The topological polar surface area (TPSA) is 88.6 Å². The lowest BCUT2D eigenvalue weighted by molar-refractivity contribution is 0.0986. The lowest BCUT2D eigenvalue weighted by Gasteiger charge is -2.20. The third-order valence-corrected chi connectivity index (χ3v) is 6.16. The molecule has 1 aliphatic rings. The summed E-state index contributed by atoms with van der Waals surface area (Å²) < 4.78 is 34.4. The van der Waals surface area contributed by atoms with Gasteiger partial charge < -0.3 is 4.74 Å². The molecule has 0 aliphatic carbocycles. The second kappa shape index (κ2) is 7.79. The Morgan fingerprint density at radius 1 is 1.07 bits per heavy atom. The van der Waals surface area contributed by atoms with Crippen LogP contribution in [-0.2, 0) is 10.0 Å². The quantitative estimate of drug-likeness (QED) is 0.659. The van der Waals surface area contributed by atoms with E-state index in [2.05, 4.69) is 9.71 Å². The van der Waals surface area contributed by atoms with Crippen molar-refractivity contribution in [3.8, 4) is 11.5 Å². The zero-order valence-corrected chi connectivity index (χ0v) is 17.4.